The van der Waals surface area contributed by atoms with E-state index in [0.717, 1.165) is 18.4 Å². The minimum Gasteiger partial charge on any atom is -0.396 e. The van der Waals surface area contributed by atoms with Crippen molar-refractivity contribution in [2.45, 2.75) is 63.5 Å². The van der Waals surface area contributed by atoms with Crippen LogP contribution >= 0.6 is 11.8 Å². The number of aliphatic hydroxyl groups is 1. The van der Waals surface area contributed by atoms with Crippen LogP contribution in [0, 0.1) is 5.92 Å². The van der Waals surface area contributed by atoms with Crippen LogP contribution in [0.25, 0.3) is 0 Å². The first-order valence-electron chi connectivity index (χ1n) is 7.35. The standard InChI is InChI=1S/C14H27NOS/c16-9-6-14(12-4-2-1-3-5-12)15-13-7-10-17-11-8-13/h12-16H,1-11H2. The summed E-state index contributed by atoms with van der Waals surface area (Å²) >= 11 is 2.09. The molecular formula is C14H27NOS. The average molecular weight is 257 g/mol. The quantitative estimate of drug-likeness (QED) is 0.794. The van der Waals surface area contributed by atoms with Crippen LogP contribution in [0.15, 0.2) is 0 Å². The predicted octanol–water partition coefficient (Wildman–Crippen LogP) is 2.80. The molecule has 1 saturated heterocycles. The van der Waals surface area contributed by atoms with Crippen molar-refractivity contribution in [1.82, 2.24) is 5.32 Å². The van der Waals surface area contributed by atoms with Crippen LogP contribution in [0.5, 0.6) is 0 Å². The van der Waals surface area contributed by atoms with Crippen LogP contribution in [0.1, 0.15) is 51.4 Å². The summed E-state index contributed by atoms with van der Waals surface area (Å²) in [5.74, 6) is 3.45. The normalized spacial score (nSPS) is 25.9. The van der Waals surface area contributed by atoms with Gasteiger partial charge in [-0.05, 0) is 49.5 Å². The van der Waals surface area contributed by atoms with Crippen molar-refractivity contribution in [1.29, 1.82) is 0 Å². The van der Waals surface area contributed by atoms with Crippen molar-refractivity contribution in [3.05, 3.63) is 0 Å². The Morgan fingerprint density at radius 1 is 1.06 bits per heavy atom. The lowest BCUT2D eigenvalue weighted by Crippen LogP contribution is -2.45. The Bertz CT molecular complexity index is 200. The first-order valence-corrected chi connectivity index (χ1v) is 8.50. The van der Waals surface area contributed by atoms with Gasteiger partial charge in [0.1, 0.15) is 0 Å². The molecule has 0 aromatic carbocycles. The van der Waals surface area contributed by atoms with Crippen LogP contribution in [0.4, 0.5) is 0 Å². The van der Waals surface area contributed by atoms with Gasteiger partial charge < -0.3 is 10.4 Å². The summed E-state index contributed by atoms with van der Waals surface area (Å²) in [5, 5.41) is 13.1. The van der Waals surface area contributed by atoms with E-state index in [1.807, 2.05) is 0 Å². The minimum atomic E-state index is 0.343. The van der Waals surface area contributed by atoms with Gasteiger partial charge in [0.15, 0.2) is 0 Å². The number of rotatable bonds is 5. The van der Waals surface area contributed by atoms with E-state index in [-0.39, 0.29) is 0 Å². The van der Waals surface area contributed by atoms with E-state index in [1.165, 1.54) is 56.5 Å². The van der Waals surface area contributed by atoms with Crippen molar-refractivity contribution < 1.29 is 5.11 Å². The molecule has 0 bridgehead atoms. The average Bonchev–Trinajstić information content (AvgIpc) is 2.40. The molecule has 0 radical (unpaired) electrons. The largest absolute Gasteiger partial charge is 0.396 e. The molecule has 1 unspecified atom stereocenters. The van der Waals surface area contributed by atoms with Gasteiger partial charge in [0, 0.05) is 18.7 Å². The fourth-order valence-corrected chi connectivity index (χ4v) is 4.40. The summed E-state index contributed by atoms with van der Waals surface area (Å²) in [7, 11) is 0. The first kappa shape index (κ1) is 13.7. The third kappa shape index (κ3) is 4.46. The number of nitrogens with one attached hydrogen (secondary N) is 1. The second kappa shape index (κ2) is 7.65. The Kier molecular flexibility index (Phi) is 6.16. The van der Waals surface area contributed by atoms with Crippen molar-refractivity contribution in [3.8, 4) is 0 Å². The summed E-state index contributed by atoms with van der Waals surface area (Å²) in [5.41, 5.74) is 0. The number of hydrogen-bond acceptors (Lipinski definition) is 3. The lowest BCUT2D eigenvalue weighted by atomic mass is 9.82. The fraction of sp³-hybridized carbons (Fsp3) is 1.00. The zero-order chi connectivity index (χ0) is 11.9. The molecule has 0 aromatic rings. The molecule has 1 aliphatic carbocycles. The summed E-state index contributed by atoms with van der Waals surface area (Å²) in [6.07, 6.45) is 10.6. The lowest BCUT2D eigenvalue weighted by molar-refractivity contribution is 0.193. The highest BCUT2D eigenvalue weighted by Crippen LogP contribution is 2.29. The van der Waals surface area contributed by atoms with Crippen molar-refractivity contribution in [3.63, 3.8) is 0 Å². The van der Waals surface area contributed by atoms with E-state index >= 15 is 0 Å². The van der Waals surface area contributed by atoms with Gasteiger partial charge in [0.2, 0.25) is 0 Å². The maximum atomic E-state index is 9.25. The van der Waals surface area contributed by atoms with E-state index in [2.05, 4.69) is 17.1 Å². The summed E-state index contributed by atoms with van der Waals surface area (Å²) in [6, 6.07) is 1.29. The van der Waals surface area contributed by atoms with E-state index in [1.54, 1.807) is 0 Å². The van der Waals surface area contributed by atoms with Crippen molar-refractivity contribution >= 4 is 11.8 Å². The van der Waals surface area contributed by atoms with Crippen molar-refractivity contribution in [2.75, 3.05) is 18.1 Å². The van der Waals surface area contributed by atoms with Crippen LogP contribution in [0.2, 0.25) is 0 Å². The monoisotopic (exact) mass is 257 g/mol. The minimum absolute atomic E-state index is 0.343. The molecule has 2 rings (SSSR count). The van der Waals surface area contributed by atoms with E-state index in [9.17, 15) is 5.11 Å². The summed E-state index contributed by atoms with van der Waals surface area (Å²) < 4.78 is 0. The third-order valence-corrected chi connectivity index (χ3v) is 5.38. The zero-order valence-electron chi connectivity index (χ0n) is 10.9. The summed E-state index contributed by atoms with van der Waals surface area (Å²) in [6.45, 7) is 0.343. The maximum absolute atomic E-state index is 9.25. The summed E-state index contributed by atoms with van der Waals surface area (Å²) in [4.78, 5) is 0. The van der Waals surface area contributed by atoms with Gasteiger partial charge in [0.05, 0.1) is 0 Å². The molecule has 1 atom stereocenters. The Balaban J connectivity index is 1.81. The van der Waals surface area contributed by atoms with Gasteiger partial charge in [-0.3, -0.25) is 0 Å². The zero-order valence-corrected chi connectivity index (χ0v) is 11.7. The Hall–Kier alpha value is 0.270. The number of hydrogen-bond donors (Lipinski definition) is 2. The van der Waals surface area contributed by atoms with Gasteiger partial charge >= 0.3 is 0 Å². The molecule has 0 amide bonds. The third-order valence-electron chi connectivity index (χ3n) is 4.33. The molecule has 2 N–H and O–H groups in total. The van der Waals surface area contributed by atoms with Gasteiger partial charge in [-0.1, -0.05) is 19.3 Å². The highest BCUT2D eigenvalue weighted by atomic mass is 32.2. The Labute approximate surface area is 110 Å². The van der Waals surface area contributed by atoms with Crippen LogP contribution in [0.3, 0.4) is 0 Å². The van der Waals surface area contributed by atoms with Gasteiger partial charge in [-0.15, -0.1) is 0 Å². The highest BCUT2D eigenvalue weighted by Gasteiger charge is 2.25. The maximum Gasteiger partial charge on any atom is 0.0445 e. The predicted molar refractivity (Wildman–Crippen MR) is 75.5 cm³/mol. The molecular weight excluding hydrogens is 230 g/mol. The Morgan fingerprint density at radius 2 is 1.76 bits per heavy atom. The smallest absolute Gasteiger partial charge is 0.0445 e. The second-order valence-corrected chi connectivity index (χ2v) is 6.79. The molecule has 3 heteroatoms. The van der Waals surface area contributed by atoms with E-state index in [4.69, 9.17) is 0 Å². The molecule has 1 saturated carbocycles. The lowest BCUT2D eigenvalue weighted by Gasteiger charge is -2.35. The van der Waals surface area contributed by atoms with Gasteiger partial charge in [-0.2, -0.15) is 11.8 Å². The topological polar surface area (TPSA) is 32.3 Å². The van der Waals surface area contributed by atoms with Crippen molar-refractivity contribution in [2.24, 2.45) is 5.92 Å². The molecule has 2 aliphatic rings. The van der Waals surface area contributed by atoms with Gasteiger partial charge in [-0.25, -0.2) is 0 Å². The SMILES string of the molecule is OCCC(NC1CCSCC1)C1CCCCC1. The molecule has 0 spiro atoms. The van der Waals surface area contributed by atoms with E-state index in [0.29, 0.717) is 12.6 Å². The van der Waals surface area contributed by atoms with Crippen LogP contribution < -0.4 is 5.32 Å². The second-order valence-electron chi connectivity index (χ2n) is 5.57. The number of thioether (sulfide) groups is 1. The molecule has 1 heterocycles. The number of aliphatic hydroxyl groups excluding tert-OH is 1. The highest BCUT2D eigenvalue weighted by molar-refractivity contribution is 7.99. The molecule has 2 fully saturated rings. The fourth-order valence-electron chi connectivity index (χ4n) is 3.30. The molecule has 1 aliphatic heterocycles. The molecule has 100 valence electrons. The van der Waals surface area contributed by atoms with E-state index < -0.39 is 0 Å². The molecule has 2 nitrogen and oxygen atoms in total. The van der Waals surface area contributed by atoms with Crippen LogP contribution in [-0.4, -0.2) is 35.3 Å². The van der Waals surface area contributed by atoms with Gasteiger partial charge in [0.25, 0.3) is 0 Å². The Morgan fingerprint density at radius 3 is 2.41 bits per heavy atom. The molecule has 17 heavy (non-hydrogen) atoms. The first-order chi connectivity index (χ1) is 8.40. The van der Waals surface area contributed by atoms with Crippen LogP contribution in [-0.2, 0) is 0 Å². The molecule has 0 aromatic heterocycles.